The molecule has 0 bridgehead atoms. The monoisotopic (exact) mass is 831 g/mol. The van der Waals surface area contributed by atoms with Crippen molar-refractivity contribution in [3.05, 3.63) is 159 Å². The number of rotatable bonds is 14. The van der Waals surface area contributed by atoms with Crippen LogP contribution in [-0.2, 0) is 34.0 Å². The van der Waals surface area contributed by atoms with Crippen LogP contribution in [0.3, 0.4) is 0 Å². The highest BCUT2D eigenvalue weighted by molar-refractivity contribution is 7.91. The minimum atomic E-state index is -3.72. The van der Waals surface area contributed by atoms with Gasteiger partial charge in [-0.25, -0.2) is 22.3 Å². The van der Waals surface area contributed by atoms with Gasteiger partial charge in [0.05, 0.1) is 37.6 Å². The zero-order valence-electron chi connectivity index (χ0n) is 31.8. The fourth-order valence-corrected chi connectivity index (χ4v) is 11.6. The molecule has 5 aromatic rings. The molecule has 0 saturated carbocycles. The third-order valence-electron chi connectivity index (χ3n) is 10.9. The number of aromatic nitrogens is 2. The molecule has 0 amide bonds. The number of methoxy groups -OCH3 is 2. The molecule has 16 heteroatoms. The number of sulfone groups is 1. The third-order valence-corrected chi connectivity index (χ3v) is 14.4. The highest BCUT2D eigenvalue weighted by atomic mass is 32.2. The van der Waals surface area contributed by atoms with E-state index in [-0.39, 0.29) is 23.3 Å². The van der Waals surface area contributed by atoms with E-state index in [1.807, 2.05) is 83.5 Å². The first kappa shape index (κ1) is 40.1. The van der Waals surface area contributed by atoms with Crippen LogP contribution in [0.15, 0.2) is 136 Å². The van der Waals surface area contributed by atoms with Gasteiger partial charge in [-0.05, 0) is 65.9 Å². The molecule has 4 aromatic carbocycles. The van der Waals surface area contributed by atoms with Crippen molar-refractivity contribution in [2.24, 2.45) is 0 Å². The summed E-state index contributed by atoms with van der Waals surface area (Å²) in [5.41, 5.74) is -0.569. The molecule has 4 heterocycles. The Morgan fingerprint density at radius 1 is 0.828 bits per heavy atom. The van der Waals surface area contributed by atoms with E-state index in [2.05, 4.69) is 4.98 Å². The smallest absolute Gasteiger partial charge is 0.330 e. The summed E-state index contributed by atoms with van der Waals surface area (Å²) in [6, 6.07) is 33.5. The van der Waals surface area contributed by atoms with Crippen LogP contribution in [0, 0.1) is 0 Å². The summed E-state index contributed by atoms with van der Waals surface area (Å²) in [7, 11) is -2.53. The van der Waals surface area contributed by atoms with Gasteiger partial charge in [0.1, 0.15) is 29.3 Å². The summed E-state index contributed by atoms with van der Waals surface area (Å²) in [5.74, 6) is 0.999. The Morgan fingerprint density at radius 2 is 1.43 bits per heavy atom. The number of benzene rings is 4. The van der Waals surface area contributed by atoms with Gasteiger partial charge >= 0.3 is 5.69 Å². The summed E-state index contributed by atoms with van der Waals surface area (Å²) in [5, 5.41) is 0. The second-order valence-electron chi connectivity index (χ2n) is 14.3. The van der Waals surface area contributed by atoms with Gasteiger partial charge in [-0.3, -0.25) is 14.3 Å². The first-order valence-corrected chi connectivity index (χ1v) is 21.7. The maximum atomic E-state index is 17.1. The SMILES string of the molecule is COc1ccc(C(OC[C@H]2O[C@@H](n3ccc(=O)[nH]c3=O)[C@@H](F)[C@@H]2O[P@]2O[C@H](CS(=O)(=O)c3ccccc3)[C@@H]3CCCN32)(c2ccccc2)c2ccc(OC)cc2)cc1. The van der Waals surface area contributed by atoms with E-state index in [1.54, 1.807) is 44.6 Å². The van der Waals surface area contributed by atoms with E-state index < -0.39 is 65.9 Å². The van der Waals surface area contributed by atoms with E-state index in [0.717, 1.165) is 33.7 Å². The van der Waals surface area contributed by atoms with Gasteiger partial charge in [0, 0.05) is 24.8 Å². The van der Waals surface area contributed by atoms with E-state index in [4.69, 9.17) is 28.0 Å². The second-order valence-corrected chi connectivity index (χ2v) is 17.7. The Balaban J connectivity index is 1.15. The van der Waals surface area contributed by atoms with Crippen molar-refractivity contribution in [1.29, 1.82) is 0 Å². The Bertz CT molecular complexity index is 2360. The summed E-state index contributed by atoms with van der Waals surface area (Å²) in [6.07, 6.45) is -3.99. The predicted octanol–water partition coefficient (Wildman–Crippen LogP) is 5.75. The van der Waals surface area contributed by atoms with Gasteiger partial charge in [0.2, 0.25) is 0 Å². The number of aromatic amines is 1. The fraction of sp³-hybridized carbons (Fsp3) is 0.333. The maximum absolute atomic E-state index is 17.1. The molecule has 0 radical (unpaired) electrons. The minimum absolute atomic E-state index is 0.190. The van der Waals surface area contributed by atoms with Gasteiger partial charge in [0.15, 0.2) is 22.2 Å². The second kappa shape index (κ2) is 16.9. The number of hydrogen-bond donors (Lipinski definition) is 1. The molecule has 1 N–H and O–H groups in total. The highest BCUT2D eigenvalue weighted by Gasteiger charge is 2.55. The van der Waals surface area contributed by atoms with Gasteiger partial charge in [-0.1, -0.05) is 72.8 Å². The van der Waals surface area contributed by atoms with Crippen molar-refractivity contribution < 1.29 is 40.8 Å². The summed E-state index contributed by atoms with van der Waals surface area (Å²) in [6.45, 7) is 0.323. The zero-order chi connectivity index (χ0) is 40.4. The highest BCUT2D eigenvalue weighted by Crippen LogP contribution is 2.58. The molecule has 1 aromatic heterocycles. The van der Waals surface area contributed by atoms with Crippen LogP contribution in [0.1, 0.15) is 35.8 Å². The molecule has 3 saturated heterocycles. The first-order valence-electron chi connectivity index (χ1n) is 18.9. The molecule has 0 spiro atoms. The third kappa shape index (κ3) is 7.75. The van der Waals surface area contributed by atoms with Crippen molar-refractivity contribution >= 4 is 18.4 Å². The Kier molecular flexibility index (Phi) is 11.6. The van der Waals surface area contributed by atoms with Crippen LogP contribution in [0.25, 0.3) is 0 Å². The quantitative estimate of drug-likeness (QED) is 0.108. The molecule has 0 unspecified atom stereocenters. The number of fused-ring (bicyclic) bond motifs is 1. The van der Waals surface area contributed by atoms with Crippen molar-refractivity contribution in [2.75, 3.05) is 33.1 Å². The molecule has 8 rings (SSSR count). The molecule has 58 heavy (non-hydrogen) atoms. The van der Waals surface area contributed by atoms with Crippen LogP contribution in [0.5, 0.6) is 11.5 Å². The number of H-pyrrole nitrogens is 1. The van der Waals surface area contributed by atoms with Gasteiger partial charge in [-0.2, -0.15) is 0 Å². The topological polar surface area (TPSA) is 148 Å². The van der Waals surface area contributed by atoms with E-state index >= 15 is 4.39 Å². The van der Waals surface area contributed by atoms with E-state index in [1.165, 1.54) is 6.20 Å². The molecule has 3 aliphatic rings. The zero-order valence-corrected chi connectivity index (χ0v) is 33.5. The normalized spacial score (nSPS) is 24.8. The number of halogens is 1. The first-order chi connectivity index (χ1) is 28.1. The van der Waals surface area contributed by atoms with E-state index in [0.29, 0.717) is 24.5 Å². The number of hydrogen-bond acceptors (Lipinski definition) is 11. The van der Waals surface area contributed by atoms with Crippen molar-refractivity contribution in [1.82, 2.24) is 14.2 Å². The molecule has 0 aliphatic carbocycles. The van der Waals surface area contributed by atoms with Gasteiger partial charge in [0.25, 0.3) is 14.1 Å². The lowest BCUT2D eigenvalue weighted by molar-refractivity contribution is -0.0930. The van der Waals surface area contributed by atoms with Gasteiger partial charge in [-0.15, -0.1) is 0 Å². The van der Waals surface area contributed by atoms with Gasteiger partial charge < -0.3 is 28.0 Å². The predicted molar refractivity (Wildman–Crippen MR) is 213 cm³/mol. The summed E-state index contributed by atoms with van der Waals surface area (Å²) in [4.78, 5) is 27.4. The molecular weight excluding hydrogens is 789 g/mol. The molecule has 7 atom stereocenters. The average molecular weight is 832 g/mol. The van der Waals surface area contributed by atoms with Crippen LogP contribution < -0.4 is 20.7 Å². The van der Waals surface area contributed by atoms with E-state index in [9.17, 15) is 18.0 Å². The lowest BCUT2D eigenvalue weighted by Gasteiger charge is -2.37. The number of alkyl halides is 1. The maximum Gasteiger partial charge on any atom is 0.330 e. The molecule has 304 valence electrons. The molecular formula is C42H43FN3O10PS. The van der Waals surface area contributed by atoms with Crippen molar-refractivity contribution in [3.8, 4) is 11.5 Å². The van der Waals surface area contributed by atoms with Crippen molar-refractivity contribution in [2.45, 2.75) is 60.1 Å². The van der Waals surface area contributed by atoms with Crippen LogP contribution in [0.2, 0.25) is 0 Å². The number of nitrogens with one attached hydrogen (secondary N) is 1. The standard InChI is InChI=1S/C42H43FN3O10PS/c1-51-31-19-15-29(16-20-31)42(28-10-5-3-6-11-28,30-17-21-32(52-2)22-18-30)53-26-35-39(38(43)40(54-35)45-25-23-37(47)44-41(45)48)56-57-46-24-9-14-34(46)36(55-57)27-58(49,50)33-12-7-4-8-13-33/h3-8,10-13,15-23,25,34-36,38-40H,9,14,24,26-27H2,1-2H3,(H,44,47,48)/t34-,35+,36+,38-,39+,40+,57-/m0/s1. The molecule has 3 aliphatic heterocycles. The fourth-order valence-electron chi connectivity index (χ4n) is 7.96. The minimum Gasteiger partial charge on any atom is -0.497 e. The van der Waals surface area contributed by atoms with Crippen LogP contribution in [0.4, 0.5) is 4.39 Å². The number of nitrogens with zero attached hydrogens (tertiary/aromatic N) is 2. The lowest BCUT2D eigenvalue weighted by atomic mass is 9.80. The molecule has 13 nitrogen and oxygen atoms in total. The lowest BCUT2D eigenvalue weighted by Crippen LogP contribution is -2.40. The number of ether oxygens (including phenoxy) is 4. The Labute approximate surface area is 336 Å². The Morgan fingerprint density at radius 3 is 2.03 bits per heavy atom. The molecule has 3 fully saturated rings. The van der Waals surface area contributed by atoms with Crippen LogP contribution in [-0.4, -0.2) is 86.3 Å². The van der Waals surface area contributed by atoms with Crippen molar-refractivity contribution in [3.63, 3.8) is 0 Å². The largest absolute Gasteiger partial charge is 0.497 e. The van der Waals surface area contributed by atoms with Crippen LogP contribution >= 0.6 is 8.53 Å². The summed E-state index contributed by atoms with van der Waals surface area (Å²) < 4.78 is 84.4. The average Bonchev–Trinajstić information content (AvgIpc) is 3.95. The summed E-state index contributed by atoms with van der Waals surface area (Å²) >= 11 is 0. The Hall–Kier alpha value is -4.73.